The van der Waals surface area contributed by atoms with Gasteiger partial charge in [0, 0.05) is 25.7 Å². The Labute approximate surface area is 161 Å². The quantitative estimate of drug-likeness (QED) is 0.790. The minimum absolute atomic E-state index is 0.106. The first-order valence-corrected chi connectivity index (χ1v) is 9.33. The summed E-state index contributed by atoms with van der Waals surface area (Å²) in [6, 6.07) is 5.56. The van der Waals surface area contributed by atoms with Crippen LogP contribution in [-0.4, -0.2) is 61.6 Å². The smallest absolute Gasteiger partial charge is 0.407 e. The molecule has 7 nitrogen and oxygen atoms in total. The number of methoxy groups -OCH3 is 2. The number of piperidine rings is 1. The standard InChI is InChI=1S/C20H32N2O5/c1-20(2,3)27-19(24)21-15-8-10-22(11-9-15)13-16(23)14-6-7-17(25-4)18(12-14)26-5/h6-7,12,15-16,23H,8-11,13H2,1-5H3,(H,21,24). The number of ether oxygens (including phenoxy) is 3. The normalized spacial score (nSPS) is 17.3. The maximum atomic E-state index is 11.9. The second-order valence-electron chi connectivity index (χ2n) is 7.85. The minimum Gasteiger partial charge on any atom is -0.493 e. The van der Waals surface area contributed by atoms with Crippen LogP contribution in [0.1, 0.15) is 45.3 Å². The van der Waals surface area contributed by atoms with E-state index in [9.17, 15) is 9.90 Å². The molecule has 0 aliphatic carbocycles. The molecular weight excluding hydrogens is 348 g/mol. The summed E-state index contributed by atoms with van der Waals surface area (Å²) in [6.45, 7) is 7.71. The third-order valence-electron chi connectivity index (χ3n) is 4.53. The molecule has 2 N–H and O–H groups in total. The van der Waals surface area contributed by atoms with Crippen LogP contribution in [0.5, 0.6) is 11.5 Å². The van der Waals surface area contributed by atoms with Gasteiger partial charge in [0.2, 0.25) is 0 Å². The van der Waals surface area contributed by atoms with Crippen LogP contribution in [0.25, 0.3) is 0 Å². The van der Waals surface area contributed by atoms with Crippen molar-refractivity contribution in [2.45, 2.75) is 51.4 Å². The Morgan fingerprint density at radius 1 is 1.22 bits per heavy atom. The Morgan fingerprint density at radius 3 is 2.41 bits per heavy atom. The number of aliphatic hydroxyl groups excluding tert-OH is 1. The van der Waals surface area contributed by atoms with E-state index in [4.69, 9.17) is 14.2 Å². The van der Waals surface area contributed by atoms with Gasteiger partial charge in [-0.05, 0) is 51.3 Å². The van der Waals surface area contributed by atoms with E-state index in [-0.39, 0.29) is 12.1 Å². The molecule has 7 heteroatoms. The topological polar surface area (TPSA) is 80.3 Å². The zero-order valence-electron chi connectivity index (χ0n) is 16.9. The van der Waals surface area contributed by atoms with Crippen molar-refractivity contribution in [1.29, 1.82) is 0 Å². The first kappa shape index (κ1) is 21.3. The van der Waals surface area contributed by atoms with Gasteiger partial charge in [-0.1, -0.05) is 6.07 Å². The maximum absolute atomic E-state index is 11.9. The van der Waals surface area contributed by atoms with Crippen molar-refractivity contribution in [2.75, 3.05) is 33.9 Å². The van der Waals surface area contributed by atoms with Crippen LogP contribution in [0.4, 0.5) is 4.79 Å². The van der Waals surface area contributed by atoms with Crippen LogP contribution in [-0.2, 0) is 4.74 Å². The lowest BCUT2D eigenvalue weighted by molar-refractivity contribution is 0.0459. The number of alkyl carbamates (subject to hydrolysis) is 1. The molecule has 1 aliphatic rings. The summed E-state index contributed by atoms with van der Waals surface area (Å²) in [4.78, 5) is 14.1. The van der Waals surface area contributed by atoms with Crippen molar-refractivity contribution in [2.24, 2.45) is 0 Å². The Morgan fingerprint density at radius 2 is 1.85 bits per heavy atom. The summed E-state index contributed by atoms with van der Waals surface area (Å²) >= 11 is 0. The van der Waals surface area contributed by atoms with Crippen molar-refractivity contribution in [3.05, 3.63) is 23.8 Å². The monoisotopic (exact) mass is 380 g/mol. The molecule has 1 unspecified atom stereocenters. The molecule has 1 saturated heterocycles. The van der Waals surface area contributed by atoms with Gasteiger partial charge in [-0.3, -0.25) is 0 Å². The molecule has 27 heavy (non-hydrogen) atoms. The number of β-amino-alcohol motifs (C(OH)–C–C–N with tert-alkyl or cyclic N) is 1. The largest absolute Gasteiger partial charge is 0.493 e. The Kier molecular flexibility index (Phi) is 7.33. The summed E-state index contributed by atoms with van der Waals surface area (Å²) in [5.41, 5.74) is 0.301. The number of likely N-dealkylation sites (tertiary alicyclic amines) is 1. The molecule has 1 fully saturated rings. The summed E-state index contributed by atoms with van der Waals surface area (Å²) < 4.78 is 15.8. The summed E-state index contributed by atoms with van der Waals surface area (Å²) in [7, 11) is 3.17. The van der Waals surface area contributed by atoms with Crippen LogP contribution < -0.4 is 14.8 Å². The van der Waals surface area contributed by atoms with Crippen LogP contribution in [0.15, 0.2) is 18.2 Å². The summed E-state index contributed by atoms with van der Waals surface area (Å²) in [6.07, 6.45) is 0.682. The van der Waals surface area contributed by atoms with Gasteiger partial charge in [-0.25, -0.2) is 4.79 Å². The zero-order chi connectivity index (χ0) is 20.0. The van der Waals surface area contributed by atoms with Crippen molar-refractivity contribution < 1.29 is 24.1 Å². The van der Waals surface area contributed by atoms with Crippen LogP contribution >= 0.6 is 0 Å². The minimum atomic E-state index is -0.611. The third-order valence-corrected chi connectivity index (χ3v) is 4.53. The van der Waals surface area contributed by atoms with Crippen molar-refractivity contribution in [1.82, 2.24) is 10.2 Å². The van der Waals surface area contributed by atoms with Crippen LogP contribution in [0.2, 0.25) is 0 Å². The highest BCUT2D eigenvalue weighted by Gasteiger charge is 2.25. The predicted octanol–water partition coefficient (Wildman–Crippen LogP) is 2.73. The van der Waals surface area contributed by atoms with Gasteiger partial charge in [0.15, 0.2) is 11.5 Å². The molecule has 152 valence electrons. The molecule has 0 spiro atoms. The Balaban J connectivity index is 1.82. The maximum Gasteiger partial charge on any atom is 0.407 e. The molecule has 1 amide bonds. The summed E-state index contributed by atoms with van der Waals surface area (Å²) in [5, 5.41) is 13.5. The van der Waals surface area contributed by atoms with Crippen molar-refractivity contribution >= 4 is 6.09 Å². The van der Waals surface area contributed by atoms with Gasteiger partial charge in [0.05, 0.1) is 20.3 Å². The van der Waals surface area contributed by atoms with E-state index in [0.717, 1.165) is 31.5 Å². The van der Waals surface area contributed by atoms with E-state index < -0.39 is 11.7 Å². The highest BCUT2D eigenvalue weighted by molar-refractivity contribution is 5.68. The molecular formula is C20H32N2O5. The second kappa shape index (κ2) is 9.28. The second-order valence-corrected chi connectivity index (χ2v) is 7.85. The van der Waals surface area contributed by atoms with E-state index in [2.05, 4.69) is 10.2 Å². The van der Waals surface area contributed by atoms with Gasteiger partial charge < -0.3 is 29.5 Å². The van der Waals surface area contributed by atoms with Gasteiger partial charge in [0.1, 0.15) is 5.60 Å². The van der Waals surface area contributed by atoms with E-state index in [1.165, 1.54) is 0 Å². The van der Waals surface area contributed by atoms with E-state index >= 15 is 0 Å². The Hall–Kier alpha value is -1.99. The highest BCUT2D eigenvalue weighted by atomic mass is 16.6. The van der Waals surface area contributed by atoms with Gasteiger partial charge in [0.25, 0.3) is 0 Å². The van der Waals surface area contributed by atoms with Gasteiger partial charge in [-0.15, -0.1) is 0 Å². The van der Waals surface area contributed by atoms with Crippen LogP contribution in [0.3, 0.4) is 0 Å². The number of carbonyl (C=O) groups excluding carboxylic acids is 1. The van der Waals surface area contributed by atoms with E-state index in [0.29, 0.717) is 18.0 Å². The number of benzene rings is 1. The highest BCUT2D eigenvalue weighted by Crippen LogP contribution is 2.30. The number of aliphatic hydroxyl groups is 1. The average molecular weight is 380 g/mol. The van der Waals surface area contributed by atoms with Crippen molar-refractivity contribution in [3.63, 3.8) is 0 Å². The molecule has 1 aromatic rings. The lowest BCUT2D eigenvalue weighted by Crippen LogP contribution is -2.46. The van der Waals surface area contributed by atoms with E-state index in [1.807, 2.05) is 26.8 Å². The SMILES string of the molecule is COc1ccc(C(O)CN2CCC(NC(=O)OC(C)(C)C)CC2)cc1OC. The van der Waals surface area contributed by atoms with Gasteiger partial charge in [-0.2, -0.15) is 0 Å². The Bertz CT molecular complexity index is 621. The first-order chi connectivity index (χ1) is 12.7. The number of hydrogen-bond acceptors (Lipinski definition) is 6. The number of amides is 1. The lowest BCUT2D eigenvalue weighted by atomic mass is 10.0. The average Bonchev–Trinajstić information content (AvgIpc) is 2.61. The fourth-order valence-electron chi connectivity index (χ4n) is 3.14. The molecule has 2 rings (SSSR count). The number of rotatable bonds is 6. The molecule has 0 aromatic heterocycles. The fraction of sp³-hybridized carbons (Fsp3) is 0.650. The predicted molar refractivity (Wildman–Crippen MR) is 103 cm³/mol. The first-order valence-electron chi connectivity index (χ1n) is 9.33. The molecule has 1 aliphatic heterocycles. The van der Waals surface area contributed by atoms with Crippen molar-refractivity contribution in [3.8, 4) is 11.5 Å². The molecule has 0 radical (unpaired) electrons. The lowest BCUT2D eigenvalue weighted by Gasteiger charge is -2.34. The van der Waals surface area contributed by atoms with Gasteiger partial charge >= 0.3 is 6.09 Å². The van der Waals surface area contributed by atoms with Crippen LogP contribution in [0, 0.1) is 0 Å². The molecule has 0 saturated carbocycles. The molecule has 1 atom stereocenters. The number of hydrogen-bond donors (Lipinski definition) is 2. The fourth-order valence-corrected chi connectivity index (χ4v) is 3.14. The number of nitrogens with one attached hydrogen (secondary N) is 1. The zero-order valence-corrected chi connectivity index (χ0v) is 16.9. The molecule has 1 aromatic carbocycles. The molecule has 0 bridgehead atoms. The third kappa shape index (κ3) is 6.59. The van der Waals surface area contributed by atoms with E-state index in [1.54, 1.807) is 26.4 Å². The number of nitrogens with zero attached hydrogens (tertiary/aromatic N) is 1. The number of carbonyl (C=O) groups is 1. The molecule has 1 heterocycles. The summed E-state index contributed by atoms with van der Waals surface area (Å²) in [5.74, 6) is 1.25.